The molecule has 41 heavy (non-hydrogen) atoms. The first-order valence-electron chi connectivity index (χ1n) is 14.9. The Hall–Kier alpha value is -2.01. The molecule has 2 aromatic carbocycles. The predicted octanol–water partition coefficient (Wildman–Crippen LogP) is 8.54. The van der Waals surface area contributed by atoms with Crippen LogP contribution < -0.4 is 4.43 Å². The van der Waals surface area contributed by atoms with Gasteiger partial charge in [0, 0.05) is 0 Å². The third-order valence-electron chi connectivity index (χ3n) is 9.07. The maximum atomic E-state index is 13.8. The van der Waals surface area contributed by atoms with Crippen molar-refractivity contribution in [3.63, 3.8) is 0 Å². The SMILES string of the molecule is CC(C)(C)[Si](C)(C)Oc1ccc(CC[C@@H](CC(=O)N2C(=S)OC[C@@H]2Cc2ccccc2)O[Si](C)(C)C(C)(C)C)cc1. The summed E-state index contributed by atoms with van der Waals surface area (Å²) in [4.78, 5) is 15.4. The van der Waals surface area contributed by atoms with Crippen molar-refractivity contribution in [2.45, 2.75) is 116 Å². The largest absolute Gasteiger partial charge is 0.544 e. The molecule has 0 aromatic heterocycles. The van der Waals surface area contributed by atoms with Gasteiger partial charge in [0.25, 0.3) is 5.17 Å². The molecule has 1 saturated heterocycles. The lowest BCUT2D eigenvalue weighted by Gasteiger charge is -2.39. The standard InChI is InChI=1S/C33H51NO4SSi2/c1-32(2,3)40(7,8)37-28-19-16-25(17-20-28)18-21-29(38-41(9,10)33(4,5)6)23-30(35)34-27(24-36-31(34)39)22-26-14-12-11-13-15-26/h11-17,19-20,27,29H,18,21-24H2,1-10H3/t27-,29-/m0/s1. The summed E-state index contributed by atoms with van der Waals surface area (Å²) < 4.78 is 19.0. The number of aryl methyl sites for hydroxylation is 1. The highest BCUT2D eigenvalue weighted by Gasteiger charge is 2.42. The number of carbonyl (C=O) groups excluding carboxylic acids is 1. The first-order valence-corrected chi connectivity index (χ1v) is 21.1. The van der Waals surface area contributed by atoms with E-state index in [1.807, 2.05) is 18.2 Å². The van der Waals surface area contributed by atoms with Crippen LogP contribution in [0.3, 0.4) is 0 Å². The first-order chi connectivity index (χ1) is 18.9. The lowest BCUT2D eigenvalue weighted by Crippen LogP contribution is -2.46. The van der Waals surface area contributed by atoms with E-state index >= 15 is 0 Å². The number of carbonyl (C=O) groups is 1. The second-order valence-corrected chi connectivity index (χ2v) is 24.3. The van der Waals surface area contributed by atoms with Gasteiger partial charge in [0.15, 0.2) is 8.32 Å². The Balaban J connectivity index is 1.72. The van der Waals surface area contributed by atoms with Crippen LogP contribution >= 0.6 is 12.2 Å². The molecule has 1 aliphatic heterocycles. The van der Waals surface area contributed by atoms with Crippen molar-refractivity contribution < 1.29 is 18.4 Å². The Labute approximate surface area is 256 Å². The van der Waals surface area contributed by atoms with Gasteiger partial charge in [0.05, 0.1) is 18.6 Å². The molecule has 1 aliphatic rings. The van der Waals surface area contributed by atoms with Crippen LogP contribution in [0.4, 0.5) is 0 Å². The summed E-state index contributed by atoms with van der Waals surface area (Å²) in [5.41, 5.74) is 2.38. The van der Waals surface area contributed by atoms with Gasteiger partial charge in [-0.25, -0.2) is 0 Å². The Bertz CT molecular complexity index is 1170. The molecule has 0 bridgehead atoms. The quantitative estimate of drug-likeness (QED) is 0.188. The third kappa shape index (κ3) is 8.99. The number of rotatable bonds is 11. The first kappa shape index (κ1) is 33.5. The number of amides is 1. The number of thiocarbonyl (C=S) groups is 1. The molecule has 3 rings (SSSR count). The summed E-state index contributed by atoms with van der Waals surface area (Å²) in [6, 6.07) is 18.6. The molecule has 2 atom stereocenters. The minimum Gasteiger partial charge on any atom is -0.544 e. The van der Waals surface area contributed by atoms with Crippen LogP contribution in [0.1, 0.15) is 65.5 Å². The van der Waals surface area contributed by atoms with E-state index in [-0.39, 0.29) is 39.7 Å². The second-order valence-electron chi connectivity index (χ2n) is 14.4. The van der Waals surface area contributed by atoms with Gasteiger partial charge in [-0.2, -0.15) is 0 Å². The fraction of sp³-hybridized carbons (Fsp3) is 0.576. The number of nitrogens with zero attached hydrogens (tertiary/aromatic N) is 1. The summed E-state index contributed by atoms with van der Waals surface area (Å²) in [6.07, 6.45) is 2.37. The van der Waals surface area contributed by atoms with E-state index in [2.05, 4.69) is 104 Å². The van der Waals surface area contributed by atoms with Gasteiger partial charge in [-0.3, -0.25) is 9.69 Å². The smallest absolute Gasteiger partial charge is 0.266 e. The topological polar surface area (TPSA) is 48.0 Å². The highest BCUT2D eigenvalue weighted by Crippen LogP contribution is 2.39. The van der Waals surface area contributed by atoms with Gasteiger partial charge in [-0.05, 0) is 91.0 Å². The molecule has 0 spiro atoms. The summed E-state index contributed by atoms with van der Waals surface area (Å²) in [5, 5.41) is 0.466. The molecule has 0 unspecified atom stereocenters. The monoisotopic (exact) mass is 613 g/mol. The lowest BCUT2D eigenvalue weighted by atomic mass is 10.0. The summed E-state index contributed by atoms with van der Waals surface area (Å²) in [7, 11) is -4.00. The molecule has 1 heterocycles. The summed E-state index contributed by atoms with van der Waals surface area (Å²) >= 11 is 5.49. The summed E-state index contributed by atoms with van der Waals surface area (Å²) in [6.45, 7) is 22.9. The van der Waals surface area contributed by atoms with Gasteiger partial charge in [-0.1, -0.05) is 84.0 Å². The van der Waals surface area contributed by atoms with Gasteiger partial charge in [-0.15, -0.1) is 0 Å². The van der Waals surface area contributed by atoms with Gasteiger partial charge >= 0.3 is 0 Å². The highest BCUT2D eigenvalue weighted by atomic mass is 32.1. The molecule has 1 amide bonds. The van der Waals surface area contributed by atoms with E-state index in [0.29, 0.717) is 13.0 Å². The average molecular weight is 614 g/mol. The van der Waals surface area contributed by atoms with E-state index in [9.17, 15) is 4.79 Å². The van der Waals surface area contributed by atoms with Crippen molar-refractivity contribution in [1.82, 2.24) is 4.90 Å². The molecule has 8 heteroatoms. The van der Waals surface area contributed by atoms with Crippen LogP contribution in [0.15, 0.2) is 54.6 Å². The van der Waals surface area contributed by atoms with Crippen LogP contribution in [-0.4, -0.2) is 51.4 Å². The molecule has 226 valence electrons. The van der Waals surface area contributed by atoms with Crippen LogP contribution in [0, 0.1) is 0 Å². The number of ether oxygens (including phenoxy) is 1. The zero-order valence-corrected chi connectivity index (χ0v) is 29.7. The second kappa shape index (κ2) is 13.1. The van der Waals surface area contributed by atoms with Crippen molar-refractivity contribution in [1.29, 1.82) is 0 Å². The molecule has 1 fully saturated rings. The van der Waals surface area contributed by atoms with Crippen molar-refractivity contribution in [3.8, 4) is 5.75 Å². The van der Waals surface area contributed by atoms with E-state index < -0.39 is 16.6 Å². The number of benzene rings is 2. The van der Waals surface area contributed by atoms with Crippen LogP contribution in [0.5, 0.6) is 5.75 Å². The Kier molecular flexibility index (Phi) is 10.7. The molecular formula is C33H51NO4SSi2. The lowest BCUT2D eigenvalue weighted by molar-refractivity contribution is -0.130. The van der Waals surface area contributed by atoms with Crippen molar-refractivity contribution in [2.75, 3.05) is 6.61 Å². The highest BCUT2D eigenvalue weighted by molar-refractivity contribution is 7.80. The van der Waals surface area contributed by atoms with Crippen LogP contribution in [-0.2, 0) is 26.8 Å². The molecule has 0 N–H and O–H groups in total. The Morgan fingerprint density at radius 1 is 0.927 bits per heavy atom. The Morgan fingerprint density at radius 3 is 2.07 bits per heavy atom. The van der Waals surface area contributed by atoms with Crippen LogP contribution in [0.2, 0.25) is 36.3 Å². The van der Waals surface area contributed by atoms with Gasteiger partial charge < -0.3 is 13.6 Å². The van der Waals surface area contributed by atoms with E-state index in [0.717, 1.165) is 18.6 Å². The molecule has 0 aliphatic carbocycles. The fourth-order valence-electron chi connectivity index (χ4n) is 4.39. The molecule has 5 nitrogen and oxygen atoms in total. The van der Waals surface area contributed by atoms with Gasteiger partial charge in [0.1, 0.15) is 12.4 Å². The minimum atomic E-state index is -2.11. The fourth-order valence-corrected chi connectivity index (χ4v) is 7.13. The number of hydrogen-bond acceptors (Lipinski definition) is 5. The summed E-state index contributed by atoms with van der Waals surface area (Å²) in [5.74, 6) is 0.909. The van der Waals surface area contributed by atoms with E-state index in [4.69, 9.17) is 25.8 Å². The predicted molar refractivity (Wildman–Crippen MR) is 179 cm³/mol. The van der Waals surface area contributed by atoms with Crippen molar-refractivity contribution >= 4 is 39.9 Å². The van der Waals surface area contributed by atoms with Crippen molar-refractivity contribution in [2.24, 2.45) is 0 Å². The van der Waals surface area contributed by atoms with Gasteiger partial charge in [0.2, 0.25) is 14.2 Å². The maximum Gasteiger partial charge on any atom is 0.266 e. The molecule has 0 radical (unpaired) electrons. The van der Waals surface area contributed by atoms with Crippen LogP contribution in [0.25, 0.3) is 0 Å². The number of hydrogen-bond donors (Lipinski definition) is 0. The normalized spacial score (nSPS) is 17.4. The molecular weight excluding hydrogens is 563 g/mol. The maximum absolute atomic E-state index is 13.8. The van der Waals surface area contributed by atoms with Crippen molar-refractivity contribution in [3.05, 3.63) is 65.7 Å². The minimum absolute atomic E-state index is 0.0183. The zero-order chi connectivity index (χ0) is 30.6. The molecule has 0 saturated carbocycles. The Morgan fingerprint density at radius 2 is 1.51 bits per heavy atom. The molecule has 2 aromatic rings. The third-order valence-corrected chi connectivity index (χ3v) is 18.3. The zero-order valence-electron chi connectivity index (χ0n) is 26.9. The average Bonchev–Trinajstić information content (AvgIpc) is 3.22. The van der Waals surface area contributed by atoms with E-state index in [1.54, 1.807) is 4.90 Å². The van der Waals surface area contributed by atoms with E-state index in [1.165, 1.54) is 11.1 Å².